The summed E-state index contributed by atoms with van der Waals surface area (Å²) in [4.78, 5) is 0. The van der Waals surface area contributed by atoms with Gasteiger partial charge >= 0.3 is 0 Å². The fraction of sp³-hybridized carbons (Fsp3) is 0. The van der Waals surface area contributed by atoms with Gasteiger partial charge in [-0.25, -0.2) is 0 Å². The van der Waals surface area contributed by atoms with E-state index in [1.54, 1.807) is 6.08 Å². The smallest absolute Gasteiger partial charge is 0.0912 e. The Labute approximate surface area is 255 Å². The molecule has 0 radical (unpaired) electrons. The van der Waals surface area contributed by atoms with Crippen molar-refractivity contribution in [2.24, 2.45) is 0 Å². The lowest BCUT2D eigenvalue weighted by Crippen LogP contribution is -2.04. The van der Waals surface area contributed by atoms with Gasteiger partial charge in [0.2, 0.25) is 0 Å². The van der Waals surface area contributed by atoms with Crippen LogP contribution in [0.1, 0.15) is 0 Å². The lowest BCUT2D eigenvalue weighted by molar-refractivity contribution is 1.18. The van der Waals surface area contributed by atoms with E-state index in [0.717, 1.165) is 44.2 Å². The van der Waals surface area contributed by atoms with Gasteiger partial charge in [0.25, 0.3) is 0 Å². The highest BCUT2D eigenvalue weighted by molar-refractivity contribution is 6.23. The van der Waals surface area contributed by atoms with Crippen LogP contribution in [0.25, 0.3) is 76.9 Å². The number of hydrogen-bond donors (Lipinski definition) is 0. The minimum absolute atomic E-state index is 0.873. The van der Waals surface area contributed by atoms with Crippen molar-refractivity contribution in [3.05, 3.63) is 158 Å². The maximum Gasteiger partial charge on any atom is 0.0912 e. The number of benzene rings is 6. The molecule has 0 unspecified atom stereocenters. The van der Waals surface area contributed by atoms with Gasteiger partial charge < -0.3 is 9.13 Å². The number of rotatable bonds is 5. The average molecular weight is 562 g/mol. The second-order valence-corrected chi connectivity index (χ2v) is 10.9. The van der Waals surface area contributed by atoms with Crippen molar-refractivity contribution in [3.8, 4) is 17.2 Å². The van der Waals surface area contributed by atoms with E-state index in [9.17, 15) is 5.26 Å². The zero-order valence-electron chi connectivity index (χ0n) is 24.0. The highest BCUT2D eigenvalue weighted by Crippen LogP contribution is 2.41. The highest BCUT2D eigenvalue weighted by Gasteiger charge is 2.20. The van der Waals surface area contributed by atoms with Crippen molar-refractivity contribution in [1.29, 1.82) is 5.26 Å². The third-order valence-corrected chi connectivity index (χ3v) is 8.60. The Hall–Kier alpha value is -6.11. The fourth-order valence-electron chi connectivity index (χ4n) is 6.74. The van der Waals surface area contributed by atoms with Crippen molar-refractivity contribution in [2.75, 3.05) is 0 Å². The molecule has 3 heteroatoms. The second-order valence-electron chi connectivity index (χ2n) is 10.9. The van der Waals surface area contributed by atoms with Crippen LogP contribution in [-0.4, -0.2) is 9.13 Å². The highest BCUT2D eigenvalue weighted by atomic mass is 15.1. The van der Waals surface area contributed by atoms with E-state index in [1.807, 2.05) is 18.2 Å². The minimum atomic E-state index is 0.873. The molecule has 8 rings (SSSR count). The Kier molecular flexibility index (Phi) is 6.00. The van der Waals surface area contributed by atoms with Crippen molar-refractivity contribution in [2.45, 2.75) is 0 Å². The number of hydrogen-bond acceptors (Lipinski definition) is 1. The lowest BCUT2D eigenvalue weighted by atomic mass is 10.0. The van der Waals surface area contributed by atoms with Crippen LogP contribution in [-0.2, 0) is 0 Å². The van der Waals surface area contributed by atoms with Gasteiger partial charge in [0.05, 0.1) is 39.5 Å². The molecule has 0 atom stereocenters. The van der Waals surface area contributed by atoms with Gasteiger partial charge in [-0.1, -0.05) is 110 Å². The van der Waals surface area contributed by atoms with Crippen LogP contribution in [0.5, 0.6) is 0 Å². The summed E-state index contributed by atoms with van der Waals surface area (Å²) in [6.45, 7) is 4.35. The van der Waals surface area contributed by atoms with E-state index in [-0.39, 0.29) is 0 Å². The van der Waals surface area contributed by atoms with Crippen LogP contribution in [0, 0.1) is 11.3 Å². The van der Waals surface area contributed by atoms with Crippen molar-refractivity contribution >= 4 is 65.8 Å². The second kappa shape index (κ2) is 10.3. The average Bonchev–Trinajstić information content (AvgIpc) is 3.60. The molecule has 0 amide bonds. The zero-order chi connectivity index (χ0) is 29.6. The summed E-state index contributed by atoms with van der Waals surface area (Å²) in [5, 5.41) is 16.8. The fourth-order valence-corrected chi connectivity index (χ4v) is 6.74. The number of aromatic nitrogens is 2. The van der Waals surface area contributed by atoms with Gasteiger partial charge in [-0.05, 0) is 64.4 Å². The minimum Gasteiger partial charge on any atom is -0.307 e. The number of allylic oxidation sites excluding steroid dienone is 5. The van der Waals surface area contributed by atoms with Gasteiger partial charge in [0.1, 0.15) is 0 Å². The normalized spacial score (nSPS) is 12.4. The largest absolute Gasteiger partial charge is 0.307 e. The quantitative estimate of drug-likeness (QED) is 0.152. The predicted octanol–water partition coefficient (Wildman–Crippen LogP) is 10.8. The summed E-state index contributed by atoms with van der Waals surface area (Å²) in [5.41, 5.74) is 8.42. The van der Waals surface area contributed by atoms with Gasteiger partial charge in [0.15, 0.2) is 0 Å². The van der Waals surface area contributed by atoms with Gasteiger partial charge in [-0.2, -0.15) is 5.26 Å². The number of nitriles is 1. The van der Waals surface area contributed by atoms with Crippen molar-refractivity contribution < 1.29 is 0 Å². The van der Waals surface area contributed by atoms with Crippen LogP contribution in [0.2, 0.25) is 0 Å². The third kappa shape index (κ3) is 3.82. The Morgan fingerprint density at radius 3 is 1.84 bits per heavy atom. The van der Waals surface area contributed by atoms with Crippen LogP contribution < -0.4 is 0 Å². The van der Waals surface area contributed by atoms with Gasteiger partial charge in [0, 0.05) is 27.6 Å². The Morgan fingerprint density at radius 2 is 1.14 bits per heavy atom. The molecule has 0 saturated heterocycles. The number of para-hydroxylation sites is 2. The molecule has 0 bridgehead atoms. The molecule has 0 aliphatic carbocycles. The maximum absolute atomic E-state index is 9.72. The summed E-state index contributed by atoms with van der Waals surface area (Å²) in [5.74, 6) is 0. The molecule has 44 heavy (non-hydrogen) atoms. The molecule has 0 saturated carbocycles. The Bertz CT molecular complexity index is 2460. The molecule has 6 aromatic carbocycles. The molecule has 0 N–H and O–H groups in total. The van der Waals surface area contributed by atoms with Crippen LogP contribution in [0.3, 0.4) is 0 Å². The first-order chi connectivity index (χ1) is 21.8. The molecule has 2 heterocycles. The van der Waals surface area contributed by atoms with E-state index < -0.39 is 0 Å². The standard InChI is InChI=1S/C41H27N3/c1-2-35(39(21-12-26-42)44-36-19-10-8-17-32(36)33-18-9-11-20-37(33)44)43-38-24-23-30(28-13-4-3-5-14-28)27-34(38)41-31-16-7-6-15-29(31)22-25-40(41)43/h2-25,27H,1H2/b21-12+,39-35-. The number of nitrogens with zero attached hydrogens (tertiary/aromatic N) is 3. The Morgan fingerprint density at radius 1 is 0.545 bits per heavy atom. The Balaban J connectivity index is 1.55. The lowest BCUT2D eigenvalue weighted by Gasteiger charge is -2.17. The zero-order valence-corrected chi connectivity index (χ0v) is 24.0. The molecule has 3 nitrogen and oxygen atoms in total. The first-order valence-corrected chi connectivity index (χ1v) is 14.7. The third-order valence-electron chi connectivity index (χ3n) is 8.60. The maximum atomic E-state index is 9.72. The van der Waals surface area contributed by atoms with E-state index in [4.69, 9.17) is 0 Å². The summed E-state index contributed by atoms with van der Waals surface area (Å²) in [6, 6.07) is 49.3. The first-order valence-electron chi connectivity index (χ1n) is 14.7. The molecule has 0 aliphatic heterocycles. The molecule has 0 spiro atoms. The predicted molar refractivity (Wildman–Crippen MR) is 186 cm³/mol. The molecule has 0 aliphatic rings. The SMILES string of the molecule is C=C/C(=C(\C=C\C#N)n1c2ccccc2c2ccccc21)n1c2ccc(-c3ccccc3)cc2c2c3ccccc3ccc21. The first kappa shape index (κ1) is 25.6. The summed E-state index contributed by atoms with van der Waals surface area (Å²) < 4.78 is 4.56. The van der Waals surface area contributed by atoms with Gasteiger partial charge in [-0.15, -0.1) is 0 Å². The molecule has 8 aromatic rings. The van der Waals surface area contributed by atoms with E-state index in [2.05, 4.69) is 149 Å². The van der Waals surface area contributed by atoms with E-state index in [1.165, 1.54) is 32.7 Å². The van der Waals surface area contributed by atoms with E-state index >= 15 is 0 Å². The molecular formula is C41H27N3. The van der Waals surface area contributed by atoms with Crippen molar-refractivity contribution in [3.63, 3.8) is 0 Å². The molecule has 2 aromatic heterocycles. The van der Waals surface area contributed by atoms with Crippen LogP contribution in [0.15, 0.2) is 158 Å². The van der Waals surface area contributed by atoms with Crippen LogP contribution in [0.4, 0.5) is 0 Å². The van der Waals surface area contributed by atoms with Crippen LogP contribution >= 0.6 is 0 Å². The monoisotopic (exact) mass is 561 g/mol. The number of fused-ring (bicyclic) bond motifs is 8. The van der Waals surface area contributed by atoms with Crippen molar-refractivity contribution in [1.82, 2.24) is 9.13 Å². The topological polar surface area (TPSA) is 33.6 Å². The van der Waals surface area contributed by atoms with Gasteiger partial charge in [-0.3, -0.25) is 0 Å². The summed E-state index contributed by atoms with van der Waals surface area (Å²) >= 11 is 0. The molecule has 0 fully saturated rings. The van der Waals surface area contributed by atoms with E-state index in [0.29, 0.717) is 0 Å². The molecular weight excluding hydrogens is 534 g/mol. The summed E-state index contributed by atoms with van der Waals surface area (Å²) in [6.07, 6.45) is 5.38. The summed E-state index contributed by atoms with van der Waals surface area (Å²) in [7, 11) is 0. The molecule has 206 valence electrons.